The molecule has 0 aliphatic rings. The normalized spacial score (nSPS) is 11.5. The van der Waals surface area contributed by atoms with Gasteiger partial charge in [0, 0.05) is 6.07 Å². The summed E-state index contributed by atoms with van der Waals surface area (Å²) in [6.45, 7) is 0. The first kappa shape index (κ1) is 11.7. The molecule has 0 spiro atoms. The molecule has 8 heteroatoms. The Bertz CT molecular complexity index is 418. The van der Waals surface area contributed by atoms with E-state index >= 15 is 0 Å². The van der Waals surface area contributed by atoms with Gasteiger partial charge in [-0.3, -0.25) is 10.1 Å². The lowest BCUT2D eigenvalue weighted by atomic mass is 10.2. The van der Waals surface area contributed by atoms with E-state index in [9.17, 15) is 27.7 Å². The van der Waals surface area contributed by atoms with E-state index in [1.807, 2.05) is 0 Å². The van der Waals surface area contributed by atoms with Crippen molar-refractivity contribution in [3.63, 3.8) is 0 Å². The second-order valence-electron chi connectivity index (χ2n) is 2.55. The van der Waals surface area contributed by atoms with Crippen LogP contribution in [0.15, 0.2) is 12.1 Å². The zero-order valence-electron chi connectivity index (χ0n) is 6.81. The number of hydrogen-bond donors (Lipinski definition) is 0. The van der Waals surface area contributed by atoms with Gasteiger partial charge in [-0.25, -0.2) is 0 Å². The van der Waals surface area contributed by atoms with Crippen molar-refractivity contribution in [3.05, 3.63) is 38.7 Å². The maximum atomic E-state index is 12.9. The minimum absolute atomic E-state index is 0.0984. The van der Waals surface area contributed by atoms with Crippen molar-refractivity contribution in [2.75, 3.05) is 0 Å². The third kappa shape index (κ3) is 2.35. The third-order valence-electron chi connectivity index (χ3n) is 1.53. The number of rotatable bonds is 1. The summed E-state index contributed by atoms with van der Waals surface area (Å²) in [7, 11) is 0. The molecule has 3 nitrogen and oxygen atoms in total. The first-order chi connectivity index (χ1) is 6.73. The standard InChI is InChI=1S/C7H2ClF4NO2/c8-4-1-3(7(10,11)12)2-5(6(4)9)13(14)15/h1-2H. The van der Waals surface area contributed by atoms with Gasteiger partial charge in [-0.2, -0.15) is 17.6 Å². The van der Waals surface area contributed by atoms with Gasteiger partial charge in [0.15, 0.2) is 0 Å². The quantitative estimate of drug-likeness (QED) is 0.431. The molecule has 0 unspecified atom stereocenters. The fourth-order valence-electron chi connectivity index (χ4n) is 0.871. The summed E-state index contributed by atoms with van der Waals surface area (Å²) in [5.41, 5.74) is -2.66. The Morgan fingerprint density at radius 2 is 1.87 bits per heavy atom. The summed E-state index contributed by atoms with van der Waals surface area (Å²) in [6.07, 6.45) is -4.80. The summed E-state index contributed by atoms with van der Waals surface area (Å²) in [6, 6.07) is 0.394. The molecule has 0 radical (unpaired) electrons. The summed E-state index contributed by atoms with van der Waals surface area (Å²) >= 11 is 5.09. The number of nitrogens with zero attached hydrogens (tertiary/aromatic N) is 1. The Balaban J connectivity index is 3.43. The van der Waals surface area contributed by atoms with Crippen LogP contribution in [-0.4, -0.2) is 4.92 Å². The molecule has 1 aromatic carbocycles. The number of nitro benzene ring substituents is 1. The van der Waals surface area contributed by atoms with Gasteiger partial charge in [-0.15, -0.1) is 0 Å². The fraction of sp³-hybridized carbons (Fsp3) is 0.143. The molecule has 0 atom stereocenters. The molecule has 15 heavy (non-hydrogen) atoms. The van der Waals surface area contributed by atoms with Gasteiger partial charge in [0.2, 0.25) is 5.82 Å². The first-order valence-electron chi connectivity index (χ1n) is 3.44. The van der Waals surface area contributed by atoms with Crippen LogP contribution in [0.25, 0.3) is 0 Å². The highest BCUT2D eigenvalue weighted by Gasteiger charge is 2.34. The zero-order chi connectivity index (χ0) is 11.8. The van der Waals surface area contributed by atoms with Crippen molar-refractivity contribution in [3.8, 4) is 0 Å². The van der Waals surface area contributed by atoms with Crippen molar-refractivity contribution in [2.45, 2.75) is 6.18 Å². The second kappa shape index (κ2) is 3.65. The largest absolute Gasteiger partial charge is 0.416 e. The van der Waals surface area contributed by atoms with E-state index in [0.29, 0.717) is 6.07 Å². The summed E-state index contributed by atoms with van der Waals surface area (Å²) in [4.78, 5) is 8.93. The van der Waals surface area contributed by atoms with Crippen molar-refractivity contribution >= 4 is 17.3 Å². The van der Waals surface area contributed by atoms with Gasteiger partial charge in [0.25, 0.3) is 0 Å². The SMILES string of the molecule is O=[N+]([O-])c1cc(C(F)(F)F)cc(Cl)c1F. The van der Waals surface area contributed by atoms with Crippen LogP contribution in [0.4, 0.5) is 23.2 Å². The molecule has 0 aliphatic carbocycles. The summed E-state index contributed by atoms with van der Waals surface area (Å²) in [5.74, 6) is -1.48. The highest BCUT2D eigenvalue weighted by molar-refractivity contribution is 6.31. The van der Waals surface area contributed by atoms with Gasteiger partial charge in [-0.1, -0.05) is 11.6 Å². The van der Waals surface area contributed by atoms with Gasteiger partial charge >= 0.3 is 11.9 Å². The maximum Gasteiger partial charge on any atom is 0.416 e. The zero-order valence-corrected chi connectivity index (χ0v) is 7.56. The van der Waals surface area contributed by atoms with Crippen molar-refractivity contribution in [1.82, 2.24) is 0 Å². The Hall–Kier alpha value is -1.37. The number of nitro groups is 1. The van der Waals surface area contributed by atoms with E-state index in [4.69, 9.17) is 11.6 Å². The molecule has 0 aromatic heterocycles. The average molecular weight is 244 g/mol. The van der Waals surface area contributed by atoms with Gasteiger partial charge < -0.3 is 0 Å². The summed E-state index contributed by atoms with van der Waals surface area (Å²) < 4.78 is 49.3. The van der Waals surface area contributed by atoms with Crippen molar-refractivity contribution in [2.24, 2.45) is 0 Å². The second-order valence-corrected chi connectivity index (χ2v) is 2.95. The van der Waals surface area contributed by atoms with Crippen LogP contribution < -0.4 is 0 Å². The highest BCUT2D eigenvalue weighted by Crippen LogP contribution is 2.35. The lowest BCUT2D eigenvalue weighted by molar-refractivity contribution is -0.387. The molecule has 0 N–H and O–H groups in total. The van der Waals surface area contributed by atoms with Crippen LogP contribution in [0, 0.1) is 15.9 Å². The van der Waals surface area contributed by atoms with Gasteiger partial charge in [0.05, 0.1) is 15.5 Å². The molecule has 0 heterocycles. The topological polar surface area (TPSA) is 43.1 Å². The van der Waals surface area contributed by atoms with E-state index in [2.05, 4.69) is 0 Å². The molecule has 0 amide bonds. The highest BCUT2D eigenvalue weighted by atomic mass is 35.5. The smallest absolute Gasteiger partial charge is 0.258 e. The number of halogens is 5. The molecular weight excluding hydrogens is 242 g/mol. The molecule has 1 rings (SSSR count). The monoisotopic (exact) mass is 243 g/mol. The minimum Gasteiger partial charge on any atom is -0.258 e. The van der Waals surface area contributed by atoms with E-state index in [1.165, 1.54) is 0 Å². The minimum atomic E-state index is -4.80. The van der Waals surface area contributed by atoms with E-state index in [1.54, 1.807) is 0 Å². The van der Waals surface area contributed by atoms with E-state index < -0.39 is 33.2 Å². The molecule has 0 saturated carbocycles. The van der Waals surface area contributed by atoms with Gasteiger partial charge in [0.1, 0.15) is 0 Å². The molecule has 0 bridgehead atoms. The van der Waals surface area contributed by atoms with E-state index in [0.717, 1.165) is 0 Å². The molecular formula is C7H2ClF4NO2. The van der Waals surface area contributed by atoms with Crippen LogP contribution in [0.1, 0.15) is 5.56 Å². The average Bonchev–Trinajstić information content (AvgIpc) is 2.06. The fourth-order valence-corrected chi connectivity index (χ4v) is 1.09. The Kier molecular flexibility index (Phi) is 2.85. The summed E-state index contributed by atoms with van der Waals surface area (Å²) in [5, 5.41) is 9.26. The third-order valence-corrected chi connectivity index (χ3v) is 1.81. The lowest BCUT2D eigenvalue weighted by Gasteiger charge is -2.07. The lowest BCUT2D eigenvalue weighted by Crippen LogP contribution is -2.06. The number of alkyl halides is 3. The van der Waals surface area contributed by atoms with Crippen LogP contribution >= 0.6 is 11.6 Å². The predicted molar refractivity (Wildman–Crippen MR) is 43.1 cm³/mol. The van der Waals surface area contributed by atoms with E-state index in [-0.39, 0.29) is 6.07 Å². The molecule has 1 aromatic rings. The van der Waals surface area contributed by atoms with Crippen LogP contribution in [0.3, 0.4) is 0 Å². The number of hydrogen-bond acceptors (Lipinski definition) is 2. The van der Waals surface area contributed by atoms with Crippen LogP contribution in [-0.2, 0) is 6.18 Å². The Labute approximate surface area is 85.4 Å². The molecule has 82 valence electrons. The van der Waals surface area contributed by atoms with Crippen molar-refractivity contribution in [1.29, 1.82) is 0 Å². The molecule has 0 saturated heterocycles. The maximum absolute atomic E-state index is 12.9. The van der Waals surface area contributed by atoms with Crippen LogP contribution in [0.2, 0.25) is 5.02 Å². The van der Waals surface area contributed by atoms with Crippen LogP contribution in [0.5, 0.6) is 0 Å². The Morgan fingerprint density at radius 1 is 1.33 bits per heavy atom. The van der Waals surface area contributed by atoms with Gasteiger partial charge in [-0.05, 0) is 6.07 Å². The Morgan fingerprint density at radius 3 is 2.27 bits per heavy atom. The number of benzene rings is 1. The predicted octanol–water partition coefficient (Wildman–Crippen LogP) is 3.41. The molecule has 0 aliphatic heterocycles. The first-order valence-corrected chi connectivity index (χ1v) is 3.82. The molecule has 0 fully saturated rings. The van der Waals surface area contributed by atoms with Crippen molar-refractivity contribution < 1.29 is 22.5 Å².